The topological polar surface area (TPSA) is 15.3 Å². The van der Waals surface area contributed by atoms with E-state index < -0.39 is 11.7 Å². The van der Waals surface area contributed by atoms with E-state index >= 15 is 0 Å². The van der Waals surface area contributed by atoms with Crippen LogP contribution in [0.5, 0.6) is 0 Å². The van der Waals surface area contributed by atoms with Gasteiger partial charge in [-0.15, -0.1) is 0 Å². The molecule has 0 saturated heterocycles. The van der Waals surface area contributed by atoms with E-state index in [9.17, 15) is 13.2 Å². The molecule has 2 nitrogen and oxygen atoms in total. The monoisotopic (exact) mass is 286 g/mol. The summed E-state index contributed by atoms with van der Waals surface area (Å²) >= 11 is 0. The molecule has 20 heavy (non-hydrogen) atoms. The predicted octanol–water partition coefficient (Wildman–Crippen LogP) is 3.99. The average Bonchev–Trinajstić information content (AvgIpc) is 2.92. The normalized spacial score (nSPS) is 16.9. The van der Waals surface area contributed by atoms with E-state index in [-0.39, 0.29) is 0 Å². The summed E-state index contributed by atoms with van der Waals surface area (Å²) in [4.78, 5) is 2.34. The smallest absolute Gasteiger partial charge is 0.384 e. The molecule has 1 aromatic carbocycles. The molecule has 112 valence electrons. The summed E-state index contributed by atoms with van der Waals surface area (Å²) in [5.41, 5.74) is 0.129. The van der Waals surface area contributed by atoms with Gasteiger partial charge >= 0.3 is 6.18 Å². The Morgan fingerprint density at radius 3 is 2.30 bits per heavy atom. The van der Waals surface area contributed by atoms with Crippen molar-refractivity contribution in [2.75, 3.05) is 25.5 Å². The van der Waals surface area contributed by atoms with E-state index in [1.54, 1.807) is 0 Å². The number of likely N-dealkylation sites (N-methyl/N-ethyl adjacent to an activating group) is 1. The minimum atomic E-state index is -4.26. The molecule has 0 aliphatic heterocycles. The van der Waals surface area contributed by atoms with E-state index in [2.05, 4.69) is 17.3 Å². The summed E-state index contributed by atoms with van der Waals surface area (Å²) in [6, 6.07) is 5.87. The van der Waals surface area contributed by atoms with Crippen LogP contribution < -0.4 is 5.32 Å². The molecule has 1 fully saturated rings. The van der Waals surface area contributed by atoms with Crippen LogP contribution in [0.2, 0.25) is 0 Å². The Kier molecular flexibility index (Phi) is 4.91. The zero-order valence-electron chi connectivity index (χ0n) is 11.7. The third-order valence-corrected chi connectivity index (χ3v) is 3.95. The van der Waals surface area contributed by atoms with Gasteiger partial charge in [-0.05, 0) is 44.2 Å². The maximum Gasteiger partial charge on any atom is 0.416 e. The van der Waals surface area contributed by atoms with Gasteiger partial charge in [0.15, 0.2) is 0 Å². The lowest BCUT2D eigenvalue weighted by Gasteiger charge is -2.24. The molecule has 1 aliphatic carbocycles. The van der Waals surface area contributed by atoms with Gasteiger partial charge in [-0.1, -0.05) is 12.8 Å². The van der Waals surface area contributed by atoms with Crippen molar-refractivity contribution in [3.8, 4) is 0 Å². The molecule has 0 unspecified atom stereocenters. The number of nitrogens with zero attached hydrogens (tertiary/aromatic N) is 1. The van der Waals surface area contributed by atoms with E-state index in [0.29, 0.717) is 6.04 Å². The second-order valence-corrected chi connectivity index (χ2v) is 5.42. The molecular weight excluding hydrogens is 265 g/mol. The van der Waals surface area contributed by atoms with Crippen molar-refractivity contribution in [3.05, 3.63) is 29.8 Å². The molecule has 0 aromatic heterocycles. The number of hydrogen-bond acceptors (Lipinski definition) is 2. The molecule has 0 spiro atoms. The zero-order valence-corrected chi connectivity index (χ0v) is 11.7. The van der Waals surface area contributed by atoms with Gasteiger partial charge in [-0.2, -0.15) is 13.2 Å². The van der Waals surface area contributed by atoms with Crippen molar-refractivity contribution in [3.63, 3.8) is 0 Å². The van der Waals surface area contributed by atoms with Crippen LogP contribution >= 0.6 is 0 Å². The van der Waals surface area contributed by atoms with Gasteiger partial charge < -0.3 is 10.2 Å². The Balaban J connectivity index is 1.76. The third-order valence-electron chi connectivity index (χ3n) is 3.95. The summed E-state index contributed by atoms with van der Waals surface area (Å²) in [7, 11) is 2.12. The lowest BCUT2D eigenvalue weighted by Crippen LogP contribution is -2.33. The van der Waals surface area contributed by atoms with Gasteiger partial charge in [0.2, 0.25) is 0 Å². The molecule has 1 aliphatic rings. The van der Waals surface area contributed by atoms with Gasteiger partial charge in [-0.25, -0.2) is 0 Å². The second kappa shape index (κ2) is 6.48. The highest BCUT2D eigenvalue weighted by Crippen LogP contribution is 2.29. The van der Waals surface area contributed by atoms with Crippen molar-refractivity contribution in [1.82, 2.24) is 4.90 Å². The van der Waals surface area contributed by atoms with Gasteiger partial charge in [0.25, 0.3) is 0 Å². The lowest BCUT2D eigenvalue weighted by atomic mass is 10.2. The standard InChI is InChI=1S/C15H21F3N2/c1-20(14-4-2-3-5-14)11-10-19-13-8-6-12(7-9-13)15(16,17)18/h6-9,14,19H,2-5,10-11H2,1H3. The number of anilines is 1. The van der Waals surface area contributed by atoms with Crippen LogP contribution in [0, 0.1) is 0 Å². The number of rotatable bonds is 5. The molecule has 1 aromatic rings. The van der Waals surface area contributed by atoms with Gasteiger partial charge in [0, 0.05) is 24.8 Å². The Morgan fingerprint density at radius 2 is 1.75 bits per heavy atom. The van der Waals surface area contributed by atoms with Crippen LogP contribution in [-0.2, 0) is 6.18 Å². The van der Waals surface area contributed by atoms with E-state index in [1.165, 1.54) is 37.8 Å². The Bertz CT molecular complexity index is 408. The summed E-state index contributed by atoms with van der Waals surface area (Å²) in [5, 5.41) is 3.17. The zero-order chi connectivity index (χ0) is 14.6. The Hall–Kier alpha value is -1.23. The van der Waals surface area contributed by atoms with Crippen LogP contribution in [-0.4, -0.2) is 31.1 Å². The highest BCUT2D eigenvalue weighted by atomic mass is 19.4. The van der Waals surface area contributed by atoms with Crippen LogP contribution in [0.4, 0.5) is 18.9 Å². The highest BCUT2D eigenvalue weighted by Gasteiger charge is 2.29. The third kappa shape index (κ3) is 4.13. The molecular formula is C15H21F3N2. The van der Waals surface area contributed by atoms with Crippen LogP contribution in [0.15, 0.2) is 24.3 Å². The molecule has 1 N–H and O–H groups in total. The highest BCUT2D eigenvalue weighted by molar-refractivity contribution is 5.45. The molecule has 5 heteroatoms. The summed E-state index contributed by atoms with van der Waals surface area (Å²) in [6.45, 7) is 1.66. The molecule has 1 saturated carbocycles. The fraction of sp³-hybridized carbons (Fsp3) is 0.600. The Morgan fingerprint density at radius 1 is 1.15 bits per heavy atom. The number of halogens is 3. The van der Waals surface area contributed by atoms with Crippen molar-refractivity contribution in [2.45, 2.75) is 37.9 Å². The van der Waals surface area contributed by atoms with E-state index in [1.807, 2.05) is 0 Å². The molecule has 0 amide bonds. The minimum Gasteiger partial charge on any atom is -0.384 e. The van der Waals surface area contributed by atoms with Crippen molar-refractivity contribution >= 4 is 5.69 Å². The largest absolute Gasteiger partial charge is 0.416 e. The fourth-order valence-corrected chi connectivity index (χ4v) is 2.68. The van der Waals surface area contributed by atoms with Crippen molar-refractivity contribution < 1.29 is 13.2 Å². The fourth-order valence-electron chi connectivity index (χ4n) is 2.68. The van der Waals surface area contributed by atoms with E-state index in [4.69, 9.17) is 0 Å². The van der Waals surface area contributed by atoms with Gasteiger partial charge in [-0.3, -0.25) is 0 Å². The molecule has 2 rings (SSSR count). The van der Waals surface area contributed by atoms with Crippen LogP contribution in [0.25, 0.3) is 0 Å². The maximum atomic E-state index is 12.4. The summed E-state index contributed by atoms with van der Waals surface area (Å²) < 4.78 is 37.3. The Labute approximate surface area is 118 Å². The quantitative estimate of drug-likeness (QED) is 0.880. The predicted molar refractivity (Wildman–Crippen MR) is 74.8 cm³/mol. The van der Waals surface area contributed by atoms with Gasteiger partial charge in [0.1, 0.15) is 0 Å². The molecule has 0 heterocycles. The molecule has 0 radical (unpaired) electrons. The number of nitrogens with one attached hydrogen (secondary N) is 1. The number of benzene rings is 1. The first-order chi connectivity index (χ1) is 9.47. The minimum absolute atomic E-state index is 0.605. The number of alkyl halides is 3. The average molecular weight is 286 g/mol. The SMILES string of the molecule is CN(CCNc1ccc(C(F)(F)F)cc1)C1CCCC1. The number of hydrogen-bond donors (Lipinski definition) is 1. The van der Waals surface area contributed by atoms with E-state index in [0.717, 1.165) is 30.9 Å². The first-order valence-corrected chi connectivity index (χ1v) is 7.08. The van der Waals surface area contributed by atoms with Crippen LogP contribution in [0.1, 0.15) is 31.2 Å². The first kappa shape index (κ1) is 15.2. The van der Waals surface area contributed by atoms with Crippen molar-refractivity contribution in [1.29, 1.82) is 0 Å². The van der Waals surface area contributed by atoms with Crippen molar-refractivity contribution in [2.24, 2.45) is 0 Å². The summed E-state index contributed by atoms with van der Waals surface area (Å²) in [6.07, 6.45) is 0.872. The molecule has 0 atom stereocenters. The van der Waals surface area contributed by atoms with Crippen LogP contribution in [0.3, 0.4) is 0 Å². The van der Waals surface area contributed by atoms with Gasteiger partial charge in [0.05, 0.1) is 5.56 Å². The maximum absolute atomic E-state index is 12.4. The molecule has 0 bridgehead atoms. The summed E-state index contributed by atoms with van der Waals surface area (Å²) in [5.74, 6) is 0. The lowest BCUT2D eigenvalue weighted by molar-refractivity contribution is -0.137. The second-order valence-electron chi connectivity index (χ2n) is 5.42. The first-order valence-electron chi connectivity index (χ1n) is 7.08.